The summed E-state index contributed by atoms with van der Waals surface area (Å²) in [4.78, 5) is 73.6. The number of ether oxygens (including phenoxy) is 9. The van der Waals surface area contributed by atoms with E-state index in [-0.39, 0.29) is 19.8 Å². The van der Waals surface area contributed by atoms with Crippen LogP contribution in [0.1, 0.15) is 129 Å². The van der Waals surface area contributed by atoms with Gasteiger partial charge in [0.2, 0.25) is 0 Å². The molecule has 69 heavy (non-hydrogen) atoms. The van der Waals surface area contributed by atoms with Crippen LogP contribution in [0.3, 0.4) is 0 Å². The van der Waals surface area contributed by atoms with Gasteiger partial charge in [-0.3, -0.25) is 0 Å². The molecule has 0 atom stereocenters. The monoisotopic (exact) mass is 987 g/mol. The fourth-order valence-electron chi connectivity index (χ4n) is 5.95. The Balaban J connectivity index is 4.69. The minimum absolute atomic E-state index is 0.182. The molecule has 21 nitrogen and oxygen atoms in total. The van der Waals surface area contributed by atoms with Crippen LogP contribution < -0.4 is 31.9 Å². The third-order valence-corrected chi connectivity index (χ3v) is 10.2. The van der Waals surface area contributed by atoms with Crippen LogP contribution in [0.5, 0.6) is 0 Å². The van der Waals surface area contributed by atoms with Crippen LogP contribution in [0.2, 0.25) is 0 Å². The molecule has 0 aromatic rings. The highest BCUT2D eigenvalue weighted by Crippen LogP contribution is 2.24. The second-order valence-corrected chi connectivity index (χ2v) is 16.0. The van der Waals surface area contributed by atoms with Crippen molar-refractivity contribution >= 4 is 36.6 Å². The van der Waals surface area contributed by atoms with Gasteiger partial charge in [-0.25, -0.2) is 28.8 Å². The van der Waals surface area contributed by atoms with E-state index >= 15 is 0 Å². The maximum Gasteiger partial charge on any atom is 0.407 e. The molecule has 6 amide bonds. The molecule has 0 saturated heterocycles. The quantitative estimate of drug-likeness (QED) is 0.0191. The van der Waals surface area contributed by atoms with Crippen molar-refractivity contribution in [2.75, 3.05) is 98.7 Å². The van der Waals surface area contributed by atoms with E-state index in [9.17, 15) is 28.8 Å². The predicted molar refractivity (Wildman–Crippen MR) is 260 cm³/mol. The molecular formula is C48H86N6O15. The second kappa shape index (κ2) is 47.3. The summed E-state index contributed by atoms with van der Waals surface area (Å²) in [6, 6.07) is 0. The lowest BCUT2D eigenvalue weighted by Crippen LogP contribution is -2.42. The van der Waals surface area contributed by atoms with Crippen LogP contribution in [0.25, 0.3) is 0 Å². The van der Waals surface area contributed by atoms with E-state index in [1.165, 1.54) is 18.8 Å². The van der Waals surface area contributed by atoms with Crippen molar-refractivity contribution in [1.82, 2.24) is 31.9 Å². The lowest BCUT2D eigenvalue weighted by Gasteiger charge is -2.31. The summed E-state index contributed by atoms with van der Waals surface area (Å²) in [6.07, 6.45) is 14.9. The Hall–Kier alpha value is -5.76. The second-order valence-electron chi connectivity index (χ2n) is 16.0. The molecule has 0 fully saturated rings. The number of rotatable bonds is 46. The molecule has 0 aliphatic rings. The van der Waals surface area contributed by atoms with E-state index in [0.29, 0.717) is 124 Å². The average Bonchev–Trinajstić information content (AvgIpc) is 3.34. The minimum atomic E-state index is -1.03. The van der Waals surface area contributed by atoms with Gasteiger partial charge in [-0.15, -0.1) is 0 Å². The molecule has 21 heteroatoms. The summed E-state index contributed by atoms with van der Waals surface area (Å²) in [7, 11) is 0. The zero-order valence-corrected chi connectivity index (χ0v) is 41.5. The van der Waals surface area contributed by atoms with E-state index in [0.717, 1.165) is 77.0 Å². The highest BCUT2D eigenvalue weighted by molar-refractivity contribution is 5.69. The summed E-state index contributed by atoms with van der Waals surface area (Å²) in [5, 5.41) is 16.4. The molecule has 0 heterocycles. The first-order chi connectivity index (χ1) is 33.6. The van der Waals surface area contributed by atoms with Gasteiger partial charge in [0.15, 0.2) is 0 Å². The fourth-order valence-corrected chi connectivity index (χ4v) is 5.95. The van der Waals surface area contributed by atoms with Gasteiger partial charge >= 0.3 is 36.6 Å². The smallest absolute Gasteiger partial charge is 0.407 e. The number of hydrogen-bond acceptors (Lipinski definition) is 15. The first-order valence-corrected chi connectivity index (χ1v) is 24.7. The van der Waals surface area contributed by atoms with Crippen molar-refractivity contribution in [2.45, 2.75) is 129 Å². The molecule has 0 aromatic heterocycles. The number of hydrogen-bond donors (Lipinski definition) is 6. The average molecular weight is 987 g/mol. The molecule has 0 saturated carbocycles. The van der Waals surface area contributed by atoms with Gasteiger partial charge in [0.05, 0.1) is 63.8 Å². The maximum absolute atomic E-state index is 12.7. The van der Waals surface area contributed by atoms with Gasteiger partial charge < -0.3 is 74.5 Å². The highest BCUT2D eigenvalue weighted by atomic mass is 16.6. The van der Waals surface area contributed by atoms with Crippen molar-refractivity contribution in [3.63, 3.8) is 0 Å². The molecule has 0 radical (unpaired) electrons. The van der Waals surface area contributed by atoms with E-state index < -0.39 is 42.0 Å². The normalized spacial score (nSPS) is 10.6. The van der Waals surface area contributed by atoms with Crippen molar-refractivity contribution < 1.29 is 71.4 Å². The van der Waals surface area contributed by atoms with Gasteiger partial charge in [0, 0.05) is 39.3 Å². The number of carbonyl (C=O) groups excluding carboxylic acids is 6. The van der Waals surface area contributed by atoms with Gasteiger partial charge in [-0.1, -0.05) is 65.2 Å². The Morgan fingerprint density at radius 2 is 0.551 bits per heavy atom. The first-order valence-electron chi connectivity index (χ1n) is 24.7. The summed E-state index contributed by atoms with van der Waals surface area (Å²) >= 11 is 0. The van der Waals surface area contributed by atoms with Gasteiger partial charge in [0.25, 0.3) is 0 Å². The van der Waals surface area contributed by atoms with Crippen LogP contribution in [0, 0.1) is 5.41 Å². The zero-order valence-electron chi connectivity index (χ0n) is 41.5. The Bertz CT molecular complexity index is 1220. The van der Waals surface area contributed by atoms with Gasteiger partial charge in [0.1, 0.15) is 19.8 Å². The molecule has 0 unspecified atom stereocenters. The number of unbranched alkanes of at least 4 members (excludes halogenated alkanes) is 12. The number of alkyl carbamates (subject to hydrolysis) is 6. The van der Waals surface area contributed by atoms with Crippen LogP contribution >= 0.6 is 0 Å². The van der Waals surface area contributed by atoms with Crippen molar-refractivity contribution in [3.05, 3.63) is 38.5 Å². The summed E-state index contributed by atoms with van der Waals surface area (Å²) in [5.74, 6) is 0. The minimum Gasteiger partial charge on any atom is -0.502 e. The fraction of sp³-hybridized carbons (Fsp3) is 0.750. The maximum atomic E-state index is 12.7. The van der Waals surface area contributed by atoms with Gasteiger partial charge in [-0.05, 0) is 83.5 Å². The first kappa shape index (κ1) is 63.2. The summed E-state index contributed by atoms with van der Waals surface area (Å²) in [5.41, 5.74) is -1.03. The molecule has 0 bridgehead atoms. The largest absolute Gasteiger partial charge is 0.502 e. The van der Waals surface area contributed by atoms with Crippen LogP contribution in [-0.4, -0.2) is 135 Å². The number of carbonyl (C=O) groups is 6. The SMILES string of the molecule is C=COCCCCOC(=O)NCCCCCCNC(=O)OCC(CC)(COC(=O)NCCCCCCNC(=O)OCCCCOC=C)COC(=O)NCCCCCCNC(=O)OCCCCOC=C. The van der Waals surface area contributed by atoms with Crippen molar-refractivity contribution in [3.8, 4) is 0 Å². The highest BCUT2D eigenvalue weighted by Gasteiger charge is 2.34. The number of nitrogens with one attached hydrogen (secondary N) is 6. The number of amides is 6. The van der Waals surface area contributed by atoms with Crippen molar-refractivity contribution in [1.29, 1.82) is 0 Å². The Morgan fingerprint density at radius 3 is 0.768 bits per heavy atom. The lowest BCUT2D eigenvalue weighted by atomic mass is 9.88. The molecule has 398 valence electrons. The van der Waals surface area contributed by atoms with E-state index in [1.54, 1.807) is 0 Å². The summed E-state index contributed by atoms with van der Waals surface area (Å²) < 4.78 is 47.2. The summed E-state index contributed by atoms with van der Waals surface area (Å²) in [6.45, 7) is 16.8. The van der Waals surface area contributed by atoms with Crippen LogP contribution in [-0.2, 0) is 42.6 Å². The van der Waals surface area contributed by atoms with Crippen molar-refractivity contribution in [2.24, 2.45) is 5.41 Å². The molecule has 0 aromatic carbocycles. The zero-order chi connectivity index (χ0) is 50.7. The Labute approximate surface area is 410 Å². The standard InChI is InChI=1S/C48H86N6O15/c1-5-48(39-67-45(58)52-30-18-12-9-15-27-49-42(55)64-36-24-21-33-61-6-2,40-68-46(59)53-31-19-13-10-16-28-50-43(56)65-37-25-22-34-62-7-3)41-69-47(60)54-32-20-14-11-17-29-51-44(57)66-38-26-23-35-63-8-4/h6-8H,2-5,9-41H2,1H3,(H,49,55)(H,50,56)(H,51,57)(H,52,58)(H,53,59)(H,54,60). The molecule has 0 rings (SSSR count). The lowest BCUT2D eigenvalue weighted by molar-refractivity contribution is -0.0175. The van der Waals surface area contributed by atoms with E-state index in [2.05, 4.69) is 51.6 Å². The topological polar surface area (TPSA) is 258 Å². The molecular weight excluding hydrogens is 901 g/mol. The Morgan fingerprint density at radius 1 is 0.333 bits per heavy atom. The van der Waals surface area contributed by atoms with Crippen LogP contribution in [0.15, 0.2) is 38.5 Å². The molecule has 0 spiro atoms. The van der Waals surface area contributed by atoms with Gasteiger partial charge in [-0.2, -0.15) is 0 Å². The van der Waals surface area contributed by atoms with E-state index in [4.69, 9.17) is 42.6 Å². The molecule has 0 aliphatic heterocycles. The molecule has 6 N–H and O–H groups in total. The van der Waals surface area contributed by atoms with E-state index in [1.807, 2.05) is 6.92 Å². The third-order valence-electron chi connectivity index (χ3n) is 10.2. The Kier molecular flexibility index (Phi) is 43.4. The molecule has 0 aliphatic carbocycles. The predicted octanol–water partition coefficient (Wildman–Crippen LogP) is 8.24. The van der Waals surface area contributed by atoms with Crippen LogP contribution in [0.4, 0.5) is 28.8 Å². The third kappa shape index (κ3) is 43.3.